The van der Waals surface area contributed by atoms with E-state index in [-0.39, 0.29) is 17.6 Å². The number of carbonyl (C=O) groups excluding carboxylic acids is 1. The van der Waals surface area contributed by atoms with Gasteiger partial charge in [-0.05, 0) is 31.2 Å². The van der Waals surface area contributed by atoms with E-state index >= 15 is 0 Å². The molecule has 3 fully saturated rings. The van der Waals surface area contributed by atoms with Crippen LogP contribution in [0.5, 0.6) is 0 Å². The number of amides is 1. The third-order valence-corrected chi connectivity index (χ3v) is 5.77. The van der Waals surface area contributed by atoms with E-state index in [1.807, 2.05) is 0 Å². The van der Waals surface area contributed by atoms with Crippen LogP contribution in [0.25, 0.3) is 0 Å². The maximum absolute atomic E-state index is 12.2. The lowest BCUT2D eigenvalue weighted by atomic mass is 9.89. The van der Waals surface area contributed by atoms with Gasteiger partial charge in [-0.25, -0.2) is 0 Å². The smallest absolute Gasteiger partial charge is 0.239 e. The average Bonchev–Trinajstić information content (AvgIpc) is 3.39. The van der Waals surface area contributed by atoms with Crippen LogP contribution in [0.15, 0.2) is 24.3 Å². The van der Waals surface area contributed by atoms with Crippen LogP contribution < -0.4 is 5.32 Å². The number of benzene rings is 1. The molecule has 2 heterocycles. The first kappa shape index (κ1) is 17.0. The molecule has 25 heavy (non-hydrogen) atoms. The van der Waals surface area contributed by atoms with E-state index in [9.17, 15) is 4.79 Å². The Hall–Kier alpha value is -1.43. The molecule has 0 radical (unpaired) electrons. The minimum atomic E-state index is -0.123. The molecule has 3 aliphatic rings. The SMILES string of the molecule is CNC(=O)[C@H]1COC2(CN(Cc3ccc(C)cc3)C2)CN1CC1CC1. The van der Waals surface area contributed by atoms with Gasteiger partial charge in [0, 0.05) is 39.8 Å². The first-order valence-corrected chi connectivity index (χ1v) is 9.44. The Bertz CT molecular complexity index is 620. The van der Waals surface area contributed by atoms with E-state index in [2.05, 4.69) is 46.3 Å². The third-order valence-electron chi connectivity index (χ3n) is 5.77. The standard InChI is InChI=1S/C20H29N3O2/c1-15-3-5-16(6-4-15)9-22-12-20(13-22)14-23(10-17-7-8-17)18(11-25-20)19(24)21-2/h3-6,17-18H,7-14H2,1-2H3,(H,21,24)/t18-/m1/s1. The fourth-order valence-electron chi connectivity index (χ4n) is 4.14. The second-order valence-electron chi connectivity index (χ2n) is 8.13. The molecule has 136 valence electrons. The molecule has 2 aliphatic heterocycles. The highest BCUT2D eigenvalue weighted by Crippen LogP contribution is 2.36. The summed E-state index contributed by atoms with van der Waals surface area (Å²) in [7, 11) is 1.72. The molecule has 4 rings (SSSR count). The minimum absolute atomic E-state index is 0.0793. The molecule has 1 amide bonds. The third kappa shape index (κ3) is 3.73. The lowest BCUT2D eigenvalue weighted by Crippen LogP contribution is -2.72. The van der Waals surface area contributed by atoms with Crippen molar-refractivity contribution < 1.29 is 9.53 Å². The quantitative estimate of drug-likeness (QED) is 0.878. The number of likely N-dealkylation sites (N-methyl/N-ethyl adjacent to an activating group) is 1. The van der Waals surface area contributed by atoms with Gasteiger partial charge >= 0.3 is 0 Å². The van der Waals surface area contributed by atoms with Crippen LogP contribution in [0.2, 0.25) is 0 Å². The molecule has 1 aliphatic carbocycles. The van der Waals surface area contributed by atoms with Crippen LogP contribution in [-0.4, -0.2) is 67.2 Å². The number of rotatable bonds is 5. The topological polar surface area (TPSA) is 44.8 Å². The maximum atomic E-state index is 12.2. The van der Waals surface area contributed by atoms with Crippen LogP contribution in [0.4, 0.5) is 0 Å². The molecule has 1 aromatic rings. The van der Waals surface area contributed by atoms with Crippen LogP contribution in [-0.2, 0) is 16.1 Å². The zero-order valence-corrected chi connectivity index (χ0v) is 15.3. The van der Waals surface area contributed by atoms with Gasteiger partial charge in [0.25, 0.3) is 0 Å². The second-order valence-corrected chi connectivity index (χ2v) is 8.13. The lowest BCUT2D eigenvalue weighted by Gasteiger charge is -2.55. The Morgan fingerprint density at radius 2 is 1.96 bits per heavy atom. The predicted octanol–water partition coefficient (Wildman–Crippen LogP) is 1.41. The van der Waals surface area contributed by atoms with Gasteiger partial charge in [-0.15, -0.1) is 0 Å². The molecular weight excluding hydrogens is 314 g/mol. The van der Waals surface area contributed by atoms with Crippen molar-refractivity contribution in [3.8, 4) is 0 Å². The maximum Gasteiger partial charge on any atom is 0.239 e. The summed E-state index contributed by atoms with van der Waals surface area (Å²) in [5.41, 5.74) is 2.58. The molecule has 1 saturated carbocycles. The van der Waals surface area contributed by atoms with Gasteiger partial charge in [-0.1, -0.05) is 29.8 Å². The molecule has 2 saturated heterocycles. The van der Waals surface area contributed by atoms with Gasteiger partial charge in [0.15, 0.2) is 0 Å². The highest BCUT2D eigenvalue weighted by molar-refractivity contribution is 5.81. The summed E-state index contributed by atoms with van der Waals surface area (Å²) in [5.74, 6) is 0.873. The normalized spacial score (nSPS) is 26.4. The van der Waals surface area contributed by atoms with E-state index in [4.69, 9.17) is 4.74 Å². The van der Waals surface area contributed by atoms with Gasteiger partial charge in [0.1, 0.15) is 11.6 Å². The highest BCUT2D eigenvalue weighted by Gasteiger charge is 2.50. The Labute approximate surface area is 150 Å². The number of likely N-dealkylation sites (tertiary alicyclic amines) is 1. The average molecular weight is 343 g/mol. The molecule has 1 aromatic carbocycles. The Morgan fingerprint density at radius 3 is 2.60 bits per heavy atom. The number of carbonyl (C=O) groups is 1. The summed E-state index contributed by atoms with van der Waals surface area (Å²) in [4.78, 5) is 17.0. The number of aryl methyl sites for hydroxylation is 1. The fraction of sp³-hybridized carbons (Fsp3) is 0.650. The molecule has 1 spiro atoms. The monoisotopic (exact) mass is 343 g/mol. The van der Waals surface area contributed by atoms with Crippen LogP contribution in [0.3, 0.4) is 0 Å². The van der Waals surface area contributed by atoms with Gasteiger partial charge < -0.3 is 10.1 Å². The summed E-state index contributed by atoms with van der Waals surface area (Å²) in [6.07, 6.45) is 2.62. The highest BCUT2D eigenvalue weighted by atomic mass is 16.5. The van der Waals surface area contributed by atoms with Crippen molar-refractivity contribution in [1.82, 2.24) is 15.1 Å². The summed E-state index contributed by atoms with van der Waals surface area (Å²) >= 11 is 0. The Kier molecular flexibility index (Phi) is 4.56. The fourth-order valence-corrected chi connectivity index (χ4v) is 4.14. The van der Waals surface area contributed by atoms with Crippen molar-refractivity contribution in [2.75, 3.05) is 39.8 Å². The number of ether oxygens (including phenoxy) is 1. The zero-order chi connectivity index (χ0) is 17.4. The van der Waals surface area contributed by atoms with Crippen molar-refractivity contribution in [3.63, 3.8) is 0 Å². The zero-order valence-electron chi connectivity index (χ0n) is 15.3. The van der Waals surface area contributed by atoms with Gasteiger partial charge in [-0.2, -0.15) is 0 Å². The number of hydrogen-bond donors (Lipinski definition) is 1. The summed E-state index contributed by atoms with van der Waals surface area (Å²) < 4.78 is 6.21. The number of nitrogens with zero attached hydrogens (tertiary/aromatic N) is 2. The molecule has 5 heteroatoms. The predicted molar refractivity (Wildman–Crippen MR) is 97.3 cm³/mol. The van der Waals surface area contributed by atoms with Gasteiger partial charge in [-0.3, -0.25) is 14.6 Å². The van der Waals surface area contributed by atoms with E-state index in [0.717, 1.165) is 38.6 Å². The number of morpholine rings is 1. The van der Waals surface area contributed by atoms with Crippen LogP contribution in [0.1, 0.15) is 24.0 Å². The van der Waals surface area contributed by atoms with Crippen molar-refractivity contribution >= 4 is 5.91 Å². The van der Waals surface area contributed by atoms with E-state index < -0.39 is 0 Å². The van der Waals surface area contributed by atoms with Gasteiger partial charge in [0.05, 0.1) is 6.61 Å². The number of nitrogens with one attached hydrogen (secondary N) is 1. The van der Waals surface area contributed by atoms with Crippen LogP contribution in [0, 0.1) is 12.8 Å². The summed E-state index contributed by atoms with van der Waals surface area (Å²) in [6.45, 7) is 7.46. The van der Waals surface area contributed by atoms with Gasteiger partial charge in [0.2, 0.25) is 5.91 Å². The van der Waals surface area contributed by atoms with Crippen molar-refractivity contribution in [2.24, 2.45) is 5.92 Å². The largest absolute Gasteiger partial charge is 0.369 e. The van der Waals surface area contributed by atoms with Crippen LogP contribution >= 0.6 is 0 Å². The molecular formula is C20H29N3O2. The molecule has 0 aromatic heterocycles. The molecule has 0 bridgehead atoms. The lowest BCUT2D eigenvalue weighted by molar-refractivity contribution is -0.203. The Balaban J connectivity index is 1.35. The first-order valence-electron chi connectivity index (χ1n) is 9.44. The summed E-state index contributed by atoms with van der Waals surface area (Å²) in [5, 5.41) is 2.80. The van der Waals surface area contributed by atoms with Crippen molar-refractivity contribution in [2.45, 2.75) is 38.0 Å². The molecule has 1 N–H and O–H groups in total. The number of hydrogen-bond acceptors (Lipinski definition) is 4. The van der Waals surface area contributed by atoms with E-state index in [1.165, 1.54) is 24.0 Å². The van der Waals surface area contributed by atoms with Crippen molar-refractivity contribution in [3.05, 3.63) is 35.4 Å². The molecule has 5 nitrogen and oxygen atoms in total. The second kappa shape index (κ2) is 6.71. The molecule has 1 atom stereocenters. The Morgan fingerprint density at radius 1 is 1.24 bits per heavy atom. The summed E-state index contributed by atoms with van der Waals surface area (Å²) in [6, 6.07) is 8.65. The van der Waals surface area contributed by atoms with Crippen molar-refractivity contribution in [1.29, 1.82) is 0 Å². The first-order chi connectivity index (χ1) is 12.1. The molecule has 0 unspecified atom stereocenters. The minimum Gasteiger partial charge on any atom is -0.369 e. The van der Waals surface area contributed by atoms with E-state index in [1.54, 1.807) is 7.05 Å². The van der Waals surface area contributed by atoms with E-state index in [0.29, 0.717) is 6.61 Å².